The van der Waals surface area contributed by atoms with Crippen molar-refractivity contribution in [3.63, 3.8) is 0 Å². The molecule has 3 aliphatic rings. The van der Waals surface area contributed by atoms with Crippen molar-refractivity contribution in [3.8, 4) is 0 Å². The fourth-order valence-corrected chi connectivity index (χ4v) is 4.23. The predicted octanol–water partition coefficient (Wildman–Crippen LogP) is 1.56. The van der Waals surface area contributed by atoms with Gasteiger partial charge in [-0.2, -0.15) is 0 Å². The third kappa shape index (κ3) is 5.31. The molecule has 2 saturated heterocycles. The van der Waals surface area contributed by atoms with E-state index < -0.39 is 0 Å². The molecule has 7 heteroatoms. The average Bonchev–Trinajstić information content (AvgIpc) is 3.30. The van der Waals surface area contributed by atoms with Gasteiger partial charge in [0.05, 0.1) is 6.10 Å². The number of nitrogens with two attached hydrogens (primary N) is 1. The van der Waals surface area contributed by atoms with E-state index in [1.54, 1.807) is 0 Å². The van der Waals surface area contributed by atoms with E-state index in [-0.39, 0.29) is 36.4 Å². The van der Waals surface area contributed by atoms with Crippen molar-refractivity contribution in [1.29, 1.82) is 0 Å². The molecule has 0 bridgehead atoms. The Morgan fingerprint density at radius 3 is 2.20 bits per heavy atom. The smallest absolute Gasteiger partial charge is 0.251 e. The van der Waals surface area contributed by atoms with Gasteiger partial charge in [0.2, 0.25) is 5.91 Å². The van der Waals surface area contributed by atoms with Crippen molar-refractivity contribution in [1.82, 2.24) is 9.80 Å². The molecule has 0 aromatic carbocycles. The van der Waals surface area contributed by atoms with E-state index in [4.69, 9.17) is 10.5 Å². The number of hydrogen-bond acceptors (Lipinski definition) is 4. The van der Waals surface area contributed by atoms with Gasteiger partial charge in [0.25, 0.3) is 5.91 Å². The molecule has 0 radical (unpaired) electrons. The number of ether oxygens (including phenoxy) is 1. The lowest BCUT2D eigenvalue weighted by Gasteiger charge is -2.36. The first-order chi connectivity index (χ1) is 11.7. The summed E-state index contributed by atoms with van der Waals surface area (Å²) in [6, 6.07) is 0. The zero-order chi connectivity index (χ0) is 16.9. The second-order valence-electron chi connectivity index (χ2n) is 7.46. The lowest BCUT2D eigenvalue weighted by Crippen LogP contribution is -2.53. The summed E-state index contributed by atoms with van der Waals surface area (Å²) in [7, 11) is 0. The monoisotopic (exact) mass is 373 g/mol. The van der Waals surface area contributed by atoms with Crippen LogP contribution in [0.25, 0.3) is 0 Å². The van der Waals surface area contributed by atoms with Crippen LogP contribution in [0.3, 0.4) is 0 Å². The van der Waals surface area contributed by atoms with Gasteiger partial charge >= 0.3 is 0 Å². The Labute approximate surface area is 156 Å². The Hall–Kier alpha value is -0.850. The van der Waals surface area contributed by atoms with Crippen molar-refractivity contribution in [2.75, 3.05) is 32.7 Å². The summed E-state index contributed by atoms with van der Waals surface area (Å²) in [6.45, 7) is 3.04. The highest BCUT2D eigenvalue weighted by Crippen LogP contribution is 2.28. The first kappa shape index (κ1) is 20.5. The molecular weight excluding hydrogens is 342 g/mol. The zero-order valence-corrected chi connectivity index (χ0v) is 15.8. The molecule has 2 heterocycles. The molecule has 6 nitrogen and oxygen atoms in total. The molecule has 3 fully saturated rings. The molecule has 144 valence electrons. The largest absolute Gasteiger partial charge is 0.364 e. The van der Waals surface area contributed by atoms with Crippen LogP contribution in [0.1, 0.15) is 51.4 Å². The maximum absolute atomic E-state index is 12.5. The van der Waals surface area contributed by atoms with Gasteiger partial charge in [0, 0.05) is 39.1 Å². The number of nitrogens with zero attached hydrogens (tertiary/aromatic N) is 2. The summed E-state index contributed by atoms with van der Waals surface area (Å²) in [4.78, 5) is 28.6. The maximum Gasteiger partial charge on any atom is 0.251 e. The van der Waals surface area contributed by atoms with Gasteiger partial charge in [-0.15, -0.1) is 12.4 Å². The highest BCUT2D eigenvalue weighted by atomic mass is 35.5. The van der Waals surface area contributed by atoms with Gasteiger partial charge in [-0.05, 0) is 25.2 Å². The van der Waals surface area contributed by atoms with Crippen LogP contribution in [0, 0.1) is 5.92 Å². The molecule has 0 aromatic rings. The van der Waals surface area contributed by atoms with Gasteiger partial charge in [-0.3, -0.25) is 9.59 Å². The number of piperazine rings is 1. The van der Waals surface area contributed by atoms with Crippen LogP contribution in [0.15, 0.2) is 0 Å². The molecular formula is C18H32ClN3O3. The normalized spacial score (nSPS) is 27.4. The quantitative estimate of drug-likeness (QED) is 0.793. The minimum Gasteiger partial charge on any atom is -0.364 e. The molecule has 3 rings (SSSR count). The van der Waals surface area contributed by atoms with Gasteiger partial charge in [-0.25, -0.2) is 0 Å². The van der Waals surface area contributed by atoms with Crippen molar-refractivity contribution in [2.45, 2.75) is 63.6 Å². The highest BCUT2D eigenvalue weighted by Gasteiger charge is 2.34. The third-order valence-electron chi connectivity index (χ3n) is 5.83. The van der Waals surface area contributed by atoms with Gasteiger partial charge in [-0.1, -0.05) is 25.7 Å². The summed E-state index contributed by atoms with van der Waals surface area (Å²) in [5.41, 5.74) is 5.61. The fourth-order valence-electron chi connectivity index (χ4n) is 4.23. The third-order valence-corrected chi connectivity index (χ3v) is 5.83. The van der Waals surface area contributed by atoms with Crippen molar-refractivity contribution >= 4 is 24.2 Å². The fraction of sp³-hybridized carbons (Fsp3) is 0.889. The Bertz CT molecular complexity index is 449. The van der Waals surface area contributed by atoms with Crippen LogP contribution >= 0.6 is 12.4 Å². The van der Waals surface area contributed by atoms with Crippen LogP contribution in [0.5, 0.6) is 0 Å². The zero-order valence-electron chi connectivity index (χ0n) is 15.0. The summed E-state index contributed by atoms with van der Waals surface area (Å²) in [6.07, 6.45) is 8.27. The molecule has 2 aliphatic heterocycles. The average molecular weight is 374 g/mol. The lowest BCUT2D eigenvalue weighted by molar-refractivity contribution is -0.147. The van der Waals surface area contributed by atoms with Gasteiger partial charge < -0.3 is 20.3 Å². The first-order valence-corrected chi connectivity index (χ1v) is 9.59. The van der Waals surface area contributed by atoms with E-state index >= 15 is 0 Å². The summed E-state index contributed by atoms with van der Waals surface area (Å²) >= 11 is 0. The Balaban J connectivity index is 0.00000225. The summed E-state index contributed by atoms with van der Waals surface area (Å²) in [5.74, 6) is 1.09. The lowest BCUT2D eigenvalue weighted by atomic mass is 10.0. The van der Waals surface area contributed by atoms with Crippen LogP contribution in [0.2, 0.25) is 0 Å². The number of carbonyl (C=O) groups excluding carboxylic acids is 2. The van der Waals surface area contributed by atoms with Crippen LogP contribution in [-0.4, -0.2) is 66.5 Å². The van der Waals surface area contributed by atoms with Crippen molar-refractivity contribution in [3.05, 3.63) is 0 Å². The number of carbonyl (C=O) groups is 2. The Kier molecular flexibility index (Phi) is 7.97. The molecule has 0 spiro atoms. The molecule has 0 aromatic heterocycles. The topological polar surface area (TPSA) is 75.9 Å². The molecule has 0 unspecified atom stereocenters. The van der Waals surface area contributed by atoms with Gasteiger partial charge in [0.15, 0.2) is 0 Å². The minimum atomic E-state index is -0.330. The van der Waals surface area contributed by atoms with E-state index in [2.05, 4.69) is 0 Å². The van der Waals surface area contributed by atoms with E-state index in [1.807, 2.05) is 9.80 Å². The highest BCUT2D eigenvalue weighted by molar-refractivity contribution is 5.85. The van der Waals surface area contributed by atoms with E-state index in [0.717, 1.165) is 25.2 Å². The summed E-state index contributed by atoms with van der Waals surface area (Å²) < 4.78 is 5.70. The number of rotatable bonds is 5. The van der Waals surface area contributed by atoms with Crippen LogP contribution in [0.4, 0.5) is 0 Å². The first-order valence-electron chi connectivity index (χ1n) is 9.59. The van der Waals surface area contributed by atoms with Crippen molar-refractivity contribution in [2.24, 2.45) is 11.7 Å². The molecule has 1 aliphatic carbocycles. The molecule has 2 atom stereocenters. The van der Waals surface area contributed by atoms with Crippen molar-refractivity contribution < 1.29 is 14.3 Å². The Morgan fingerprint density at radius 2 is 1.60 bits per heavy atom. The molecule has 25 heavy (non-hydrogen) atoms. The van der Waals surface area contributed by atoms with Gasteiger partial charge in [0.1, 0.15) is 6.10 Å². The molecule has 2 N–H and O–H groups in total. The maximum atomic E-state index is 12.5. The number of amides is 2. The molecule has 2 amide bonds. The number of halogens is 1. The second kappa shape index (κ2) is 9.74. The van der Waals surface area contributed by atoms with Crippen LogP contribution in [-0.2, 0) is 14.3 Å². The predicted molar refractivity (Wildman–Crippen MR) is 98.5 cm³/mol. The standard InChI is InChI=1S/C18H31N3O3.ClH/c19-13-15-6-7-16(24-15)18(23)21-11-9-20(10-12-21)17(22)8-5-14-3-1-2-4-14;/h14-16H,1-13,19H2;1H/t15-,16+;/m1./s1. The van der Waals surface area contributed by atoms with E-state index in [9.17, 15) is 9.59 Å². The van der Waals surface area contributed by atoms with Crippen LogP contribution < -0.4 is 5.73 Å². The molecule has 1 saturated carbocycles. The number of hydrogen-bond donors (Lipinski definition) is 1. The van der Waals surface area contributed by atoms with E-state index in [1.165, 1.54) is 25.7 Å². The second-order valence-corrected chi connectivity index (χ2v) is 7.46. The Morgan fingerprint density at radius 1 is 0.960 bits per heavy atom. The summed E-state index contributed by atoms with van der Waals surface area (Å²) in [5, 5.41) is 0. The van der Waals surface area contributed by atoms with E-state index in [0.29, 0.717) is 39.1 Å². The minimum absolute atomic E-state index is 0. The SMILES string of the molecule is Cl.NC[C@H]1CC[C@@H](C(=O)N2CCN(C(=O)CCC3CCCC3)CC2)O1.